The molecule has 0 aliphatic carbocycles. The van der Waals surface area contributed by atoms with E-state index in [9.17, 15) is 4.79 Å². The van der Waals surface area contributed by atoms with E-state index in [1.807, 2.05) is 31.9 Å². The molecule has 2 fully saturated rings. The van der Waals surface area contributed by atoms with Crippen molar-refractivity contribution in [3.05, 3.63) is 36.0 Å². The molecular formula is C26H37BN2O4. The van der Waals surface area contributed by atoms with Gasteiger partial charge in [0.15, 0.2) is 0 Å². The fourth-order valence-corrected chi connectivity index (χ4v) is 4.55. The number of hydrogen-bond acceptors (Lipinski definition) is 5. The summed E-state index contributed by atoms with van der Waals surface area (Å²) in [6, 6.07) is 8.34. The lowest BCUT2D eigenvalue weighted by Gasteiger charge is -2.32. The minimum absolute atomic E-state index is 0.00683. The van der Waals surface area contributed by atoms with Crippen LogP contribution in [-0.2, 0) is 14.0 Å². The van der Waals surface area contributed by atoms with Gasteiger partial charge in [-0.3, -0.25) is 9.89 Å². The van der Waals surface area contributed by atoms with E-state index < -0.39 is 5.60 Å². The number of nitrogens with zero attached hydrogens (tertiary/aromatic N) is 2. The molecule has 3 heterocycles. The second kappa shape index (κ2) is 8.28. The third-order valence-electron chi connectivity index (χ3n) is 7.09. The van der Waals surface area contributed by atoms with Crippen molar-refractivity contribution in [1.82, 2.24) is 4.90 Å². The summed E-state index contributed by atoms with van der Waals surface area (Å²) >= 11 is 0. The largest absolute Gasteiger partial charge is 0.494 e. The van der Waals surface area contributed by atoms with E-state index in [1.165, 1.54) is 0 Å². The summed E-state index contributed by atoms with van der Waals surface area (Å²) in [5, 5.41) is 0. The zero-order valence-electron chi connectivity index (χ0n) is 21.3. The second-order valence-corrected chi connectivity index (χ2v) is 11.7. The number of allylic oxidation sites excluding steroid dienone is 1. The van der Waals surface area contributed by atoms with E-state index in [4.69, 9.17) is 19.0 Å². The SMILES string of the molecule is C[C@H]1CC(C2=NC=C(c3ccc(B4OC(C)(C)C(C)(C)O4)cc3)C2)N(C(=O)OC(C)(C)C)C1. The van der Waals surface area contributed by atoms with E-state index >= 15 is 0 Å². The van der Waals surface area contributed by atoms with Crippen LogP contribution in [0.5, 0.6) is 0 Å². The highest BCUT2D eigenvalue weighted by molar-refractivity contribution is 6.62. The highest BCUT2D eigenvalue weighted by atomic mass is 16.7. The van der Waals surface area contributed by atoms with Gasteiger partial charge in [0.1, 0.15) is 5.60 Å². The fourth-order valence-electron chi connectivity index (χ4n) is 4.55. The summed E-state index contributed by atoms with van der Waals surface area (Å²) in [6.45, 7) is 16.8. The number of carbonyl (C=O) groups excluding carboxylic acids is 1. The van der Waals surface area contributed by atoms with Gasteiger partial charge < -0.3 is 14.0 Å². The van der Waals surface area contributed by atoms with E-state index in [1.54, 1.807) is 0 Å². The number of ether oxygens (including phenoxy) is 1. The van der Waals surface area contributed by atoms with E-state index in [2.05, 4.69) is 58.9 Å². The molecule has 4 rings (SSSR count). The van der Waals surface area contributed by atoms with Gasteiger partial charge in [-0.15, -0.1) is 0 Å². The van der Waals surface area contributed by atoms with Gasteiger partial charge in [-0.2, -0.15) is 0 Å². The molecule has 3 aliphatic heterocycles. The Morgan fingerprint density at radius 2 is 1.73 bits per heavy atom. The first-order valence-corrected chi connectivity index (χ1v) is 12.0. The molecule has 0 N–H and O–H groups in total. The average Bonchev–Trinajstić information content (AvgIpc) is 3.37. The van der Waals surface area contributed by atoms with Gasteiger partial charge >= 0.3 is 13.2 Å². The van der Waals surface area contributed by atoms with Crippen LogP contribution < -0.4 is 5.46 Å². The minimum atomic E-state index is -0.507. The first-order valence-electron chi connectivity index (χ1n) is 12.0. The zero-order chi connectivity index (χ0) is 24.2. The minimum Gasteiger partial charge on any atom is -0.444 e. The first kappa shape index (κ1) is 24.0. The third kappa shape index (κ3) is 4.90. The van der Waals surface area contributed by atoms with Gasteiger partial charge in [0.05, 0.1) is 17.2 Å². The Morgan fingerprint density at radius 3 is 2.30 bits per heavy atom. The lowest BCUT2D eigenvalue weighted by atomic mass is 9.78. The highest BCUT2D eigenvalue weighted by Crippen LogP contribution is 2.37. The quantitative estimate of drug-likeness (QED) is 0.618. The van der Waals surface area contributed by atoms with Gasteiger partial charge in [0.2, 0.25) is 0 Å². The lowest BCUT2D eigenvalue weighted by Crippen LogP contribution is -2.43. The molecule has 0 saturated carbocycles. The summed E-state index contributed by atoms with van der Waals surface area (Å²) in [7, 11) is -0.365. The Hall–Kier alpha value is -2.12. The molecule has 0 radical (unpaired) electrons. The van der Waals surface area contributed by atoms with Crippen LogP contribution in [0.15, 0.2) is 35.5 Å². The van der Waals surface area contributed by atoms with Crippen LogP contribution in [0.2, 0.25) is 0 Å². The summed E-state index contributed by atoms with van der Waals surface area (Å²) < 4.78 is 18.0. The Morgan fingerprint density at radius 1 is 1.12 bits per heavy atom. The van der Waals surface area contributed by atoms with Gasteiger partial charge in [0.25, 0.3) is 0 Å². The standard InChI is InChI=1S/C26H37BN2O4/c1-17-13-22(29(16-17)23(30)31-24(2,3)4)21-14-19(15-28-21)18-9-11-20(12-10-18)27-32-25(5,6)26(7,8)33-27/h9-12,15,17,22H,13-14,16H2,1-8H3/t17-,22?/m0/s1. The maximum Gasteiger partial charge on any atom is 0.494 e. The number of hydrogen-bond donors (Lipinski definition) is 0. The molecule has 33 heavy (non-hydrogen) atoms. The van der Waals surface area contributed by atoms with Crippen LogP contribution in [0.1, 0.15) is 73.8 Å². The van der Waals surface area contributed by atoms with Crippen LogP contribution in [0.4, 0.5) is 4.79 Å². The predicted octanol–water partition coefficient (Wildman–Crippen LogP) is 4.82. The van der Waals surface area contributed by atoms with Gasteiger partial charge in [-0.05, 0) is 77.4 Å². The van der Waals surface area contributed by atoms with Crippen LogP contribution in [0.25, 0.3) is 5.57 Å². The van der Waals surface area contributed by atoms with E-state index in [0.29, 0.717) is 12.5 Å². The molecule has 0 spiro atoms. The molecule has 178 valence electrons. The normalized spacial score (nSPS) is 26.4. The van der Waals surface area contributed by atoms with Crippen molar-refractivity contribution < 1.29 is 18.8 Å². The van der Waals surface area contributed by atoms with Gasteiger partial charge in [-0.25, -0.2) is 4.79 Å². The summed E-state index contributed by atoms with van der Waals surface area (Å²) in [4.78, 5) is 19.4. The summed E-state index contributed by atoms with van der Waals surface area (Å²) in [5.74, 6) is 0.425. The van der Waals surface area contributed by atoms with Gasteiger partial charge in [0, 0.05) is 24.9 Å². The maximum absolute atomic E-state index is 12.8. The molecule has 2 saturated heterocycles. The van der Waals surface area contributed by atoms with Crippen LogP contribution in [0.3, 0.4) is 0 Å². The number of aliphatic imine (C=N–C) groups is 1. The zero-order valence-corrected chi connectivity index (χ0v) is 21.3. The van der Waals surface area contributed by atoms with E-state index in [0.717, 1.165) is 35.2 Å². The monoisotopic (exact) mass is 452 g/mol. The van der Waals surface area contributed by atoms with Crippen LogP contribution in [-0.4, -0.2) is 53.2 Å². The maximum atomic E-state index is 12.8. The average molecular weight is 452 g/mol. The second-order valence-electron chi connectivity index (χ2n) is 11.7. The van der Waals surface area contributed by atoms with Crippen molar-refractivity contribution in [3.8, 4) is 0 Å². The molecule has 7 heteroatoms. The molecule has 6 nitrogen and oxygen atoms in total. The first-order chi connectivity index (χ1) is 15.3. The fraction of sp³-hybridized carbons (Fsp3) is 0.615. The number of carbonyl (C=O) groups is 1. The lowest BCUT2D eigenvalue weighted by molar-refractivity contribution is 0.00578. The van der Waals surface area contributed by atoms with Crippen molar-refractivity contribution in [2.45, 2.75) is 91.1 Å². The molecule has 3 aliphatic rings. The van der Waals surface area contributed by atoms with Crippen molar-refractivity contribution in [2.75, 3.05) is 6.54 Å². The number of likely N-dealkylation sites (tertiary alicyclic amines) is 1. The van der Waals surface area contributed by atoms with Crippen molar-refractivity contribution in [3.63, 3.8) is 0 Å². The van der Waals surface area contributed by atoms with Crippen LogP contribution in [0, 0.1) is 5.92 Å². The van der Waals surface area contributed by atoms with Crippen LogP contribution >= 0.6 is 0 Å². The number of rotatable bonds is 3. The summed E-state index contributed by atoms with van der Waals surface area (Å²) in [5.41, 5.74) is 3.12. The molecule has 2 atom stereocenters. The van der Waals surface area contributed by atoms with Gasteiger partial charge in [-0.1, -0.05) is 31.2 Å². The highest BCUT2D eigenvalue weighted by Gasteiger charge is 2.51. The molecule has 1 aromatic rings. The smallest absolute Gasteiger partial charge is 0.444 e. The number of amides is 1. The Kier molecular flexibility index (Phi) is 6.03. The molecule has 1 aromatic carbocycles. The molecule has 0 aromatic heterocycles. The molecular weight excluding hydrogens is 415 g/mol. The Bertz CT molecular complexity index is 959. The van der Waals surface area contributed by atoms with Crippen molar-refractivity contribution >= 4 is 30.0 Å². The number of benzene rings is 1. The Balaban J connectivity index is 1.42. The predicted molar refractivity (Wildman–Crippen MR) is 133 cm³/mol. The molecule has 1 unspecified atom stereocenters. The van der Waals surface area contributed by atoms with Crippen molar-refractivity contribution in [2.24, 2.45) is 10.9 Å². The Labute approximate surface area is 198 Å². The molecule has 1 amide bonds. The van der Waals surface area contributed by atoms with Crippen molar-refractivity contribution in [1.29, 1.82) is 0 Å². The topological polar surface area (TPSA) is 60.4 Å². The third-order valence-corrected chi connectivity index (χ3v) is 7.09. The molecule has 0 bridgehead atoms. The summed E-state index contributed by atoms with van der Waals surface area (Å²) in [6.07, 6.45) is 3.35. The van der Waals surface area contributed by atoms with E-state index in [-0.39, 0.29) is 30.5 Å².